The Labute approximate surface area is 198 Å². The molecule has 11 heteroatoms. The fourth-order valence-corrected chi connectivity index (χ4v) is 2.32. The molecule has 2 amide bonds. The largest absolute Gasteiger partial charge is 0.377 e. The molecule has 0 fully saturated rings. The SMILES string of the molecule is CC(C)CC(=O)NCCOCCOCCOCCOCCOCCOCCOCCNC=O. The first kappa shape index (κ1) is 31.7. The van der Waals surface area contributed by atoms with Crippen molar-refractivity contribution >= 4 is 12.3 Å². The lowest BCUT2D eigenvalue weighted by atomic mass is 10.1. The molecule has 0 atom stereocenters. The Morgan fingerprint density at radius 1 is 0.606 bits per heavy atom. The summed E-state index contributed by atoms with van der Waals surface area (Å²) < 4.78 is 37.6. The molecule has 196 valence electrons. The molecule has 0 aromatic carbocycles. The van der Waals surface area contributed by atoms with Gasteiger partial charge in [0.15, 0.2) is 0 Å². The summed E-state index contributed by atoms with van der Waals surface area (Å²) in [5.74, 6) is 0.421. The van der Waals surface area contributed by atoms with Crippen LogP contribution in [0.15, 0.2) is 0 Å². The van der Waals surface area contributed by atoms with Gasteiger partial charge in [0.25, 0.3) is 0 Å². The standard InChI is InChI=1S/C22H44N2O9/c1-21(2)19-22(26)24-4-6-28-8-10-30-12-14-32-16-18-33-17-15-31-13-11-29-9-7-27-5-3-23-20-25/h20-21H,3-19H2,1-2H3,(H,23,25)(H,24,26). The minimum atomic E-state index is 0.0591. The van der Waals surface area contributed by atoms with Crippen LogP contribution in [0.4, 0.5) is 0 Å². The Kier molecular flexibility index (Phi) is 25.8. The lowest BCUT2D eigenvalue weighted by Gasteiger charge is -2.09. The molecule has 11 nitrogen and oxygen atoms in total. The molecule has 33 heavy (non-hydrogen) atoms. The van der Waals surface area contributed by atoms with Crippen molar-refractivity contribution in [3.8, 4) is 0 Å². The Morgan fingerprint density at radius 3 is 1.27 bits per heavy atom. The molecule has 0 aliphatic rings. The maximum absolute atomic E-state index is 11.4. The van der Waals surface area contributed by atoms with Gasteiger partial charge in [-0.05, 0) is 5.92 Å². The van der Waals surface area contributed by atoms with E-state index < -0.39 is 0 Å². The highest BCUT2D eigenvalue weighted by Gasteiger charge is 2.03. The number of carbonyl (C=O) groups is 2. The van der Waals surface area contributed by atoms with Gasteiger partial charge in [-0.15, -0.1) is 0 Å². The van der Waals surface area contributed by atoms with E-state index in [0.29, 0.717) is 124 Å². The molecule has 0 heterocycles. The monoisotopic (exact) mass is 480 g/mol. The van der Waals surface area contributed by atoms with E-state index >= 15 is 0 Å². The average molecular weight is 481 g/mol. The summed E-state index contributed by atoms with van der Waals surface area (Å²) in [4.78, 5) is 21.5. The maximum atomic E-state index is 11.4. The van der Waals surface area contributed by atoms with Crippen molar-refractivity contribution < 1.29 is 42.7 Å². The third-order valence-corrected chi connectivity index (χ3v) is 3.87. The highest BCUT2D eigenvalue weighted by atomic mass is 16.6. The normalized spacial score (nSPS) is 11.1. The van der Waals surface area contributed by atoms with Crippen molar-refractivity contribution in [2.45, 2.75) is 20.3 Å². The van der Waals surface area contributed by atoms with Gasteiger partial charge in [0.1, 0.15) is 0 Å². The molecule has 0 saturated heterocycles. The second kappa shape index (κ2) is 26.9. The van der Waals surface area contributed by atoms with E-state index in [0.717, 1.165) is 0 Å². The number of amides is 2. The van der Waals surface area contributed by atoms with Crippen molar-refractivity contribution in [1.29, 1.82) is 0 Å². The van der Waals surface area contributed by atoms with E-state index in [4.69, 9.17) is 33.2 Å². The summed E-state index contributed by atoms with van der Waals surface area (Å²) >= 11 is 0. The average Bonchev–Trinajstić information content (AvgIpc) is 2.78. The van der Waals surface area contributed by atoms with Crippen LogP contribution in [0, 0.1) is 5.92 Å². The van der Waals surface area contributed by atoms with E-state index in [1.54, 1.807) is 0 Å². The van der Waals surface area contributed by atoms with Crippen molar-refractivity contribution in [2.75, 3.05) is 106 Å². The third kappa shape index (κ3) is 28.6. The van der Waals surface area contributed by atoms with Gasteiger partial charge in [-0.1, -0.05) is 13.8 Å². The molecule has 0 saturated carbocycles. The first-order valence-corrected chi connectivity index (χ1v) is 11.6. The zero-order chi connectivity index (χ0) is 24.2. The van der Waals surface area contributed by atoms with Crippen LogP contribution < -0.4 is 10.6 Å². The van der Waals surface area contributed by atoms with Crippen LogP contribution in [0.25, 0.3) is 0 Å². The Balaban J connectivity index is 3.06. The Bertz CT molecular complexity index is 429. The third-order valence-electron chi connectivity index (χ3n) is 3.87. The van der Waals surface area contributed by atoms with Crippen LogP contribution in [0.3, 0.4) is 0 Å². The Morgan fingerprint density at radius 2 is 0.939 bits per heavy atom. The van der Waals surface area contributed by atoms with E-state index in [2.05, 4.69) is 10.6 Å². The van der Waals surface area contributed by atoms with Crippen LogP contribution in [-0.2, 0) is 42.7 Å². The van der Waals surface area contributed by atoms with E-state index in [-0.39, 0.29) is 5.91 Å². The molecule has 2 N–H and O–H groups in total. The second-order valence-electron chi connectivity index (χ2n) is 7.31. The summed E-state index contributed by atoms with van der Waals surface area (Å²) in [7, 11) is 0. The van der Waals surface area contributed by atoms with Gasteiger partial charge >= 0.3 is 0 Å². The van der Waals surface area contributed by atoms with Gasteiger partial charge in [-0.2, -0.15) is 0 Å². The van der Waals surface area contributed by atoms with Crippen LogP contribution >= 0.6 is 0 Å². The lowest BCUT2D eigenvalue weighted by molar-refractivity contribution is -0.122. The van der Waals surface area contributed by atoms with Gasteiger partial charge in [0.2, 0.25) is 12.3 Å². The number of rotatable bonds is 27. The van der Waals surface area contributed by atoms with Gasteiger partial charge < -0.3 is 43.8 Å². The zero-order valence-corrected chi connectivity index (χ0v) is 20.3. The minimum Gasteiger partial charge on any atom is -0.377 e. The Hall–Kier alpha value is -1.34. The summed E-state index contributed by atoms with van der Waals surface area (Å²) in [6.07, 6.45) is 1.18. The molecule has 0 aromatic rings. The van der Waals surface area contributed by atoms with Crippen molar-refractivity contribution in [1.82, 2.24) is 10.6 Å². The number of carbonyl (C=O) groups excluding carboxylic acids is 2. The molecule has 0 radical (unpaired) electrons. The van der Waals surface area contributed by atoms with E-state index in [1.807, 2.05) is 13.8 Å². The number of hydrogen-bond acceptors (Lipinski definition) is 9. The molecule has 0 aliphatic carbocycles. The number of nitrogens with one attached hydrogen (secondary N) is 2. The first-order chi connectivity index (χ1) is 16.2. The zero-order valence-electron chi connectivity index (χ0n) is 20.3. The van der Waals surface area contributed by atoms with E-state index in [1.165, 1.54) is 0 Å². The fraction of sp³-hybridized carbons (Fsp3) is 0.909. The van der Waals surface area contributed by atoms with Gasteiger partial charge in [0.05, 0.1) is 92.5 Å². The van der Waals surface area contributed by atoms with Crippen LogP contribution in [0.1, 0.15) is 20.3 Å². The second-order valence-corrected chi connectivity index (χ2v) is 7.31. The number of hydrogen-bond donors (Lipinski definition) is 2. The predicted molar refractivity (Wildman–Crippen MR) is 122 cm³/mol. The molecule has 0 spiro atoms. The van der Waals surface area contributed by atoms with Gasteiger partial charge in [0, 0.05) is 19.5 Å². The highest BCUT2D eigenvalue weighted by Crippen LogP contribution is 1.97. The molecule has 0 aromatic heterocycles. The molecule has 0 rings (SSSR count). The topological polar surface area (TPSA) is 123 Å². The van der Waals surface area contributed by atoms with Crippen molar-refractivity contribution in [3.05, 3.63) is 0 Å². The smallest absolute Gasteiger partial charge is 0.220 e. The molecule has 0 aliphatic heterocycles. The van der Waals surface area contributed by atoms with Gasteiger partial charge in [-0.25, -0.2) is 0 Å². The summed E-state index contributed by atoms with van der Waals surface area (Å²) in [5, 5.41) is 5.33. The van der Waals surface area contributed by atoms with Gasteiger partial charge in [-0.3, -0.25) is 9.59 Å². The molecule has 0 bridgehead atoms. The van der Waals surface area contributed by atoms with Crippen LogP contribution in [-0.4, -0.2) is 118 Å². The summed E-state index contributed by atoms with van der Waals surface area (Å²) in [6, 6.07) is 0. The number of ether oxygens (including phenoxy) is 7. The summed E-state index contributed by atoms with van der Waals surface area (Å²) in [6.45, 7) is 12.0. The maximum Gasteiger partial charge on any atom is 0.220 e. The van der Waals surface area contributed by atoms with Crippen LogP contribution in [0.5, 0.6) is 0 Å². The molecule has 0 unspecified atom stereocenters. The van der Waals surface area contributed by atoms with Crippen molar-refractivity contribution in [2.24, 2.45) is 5.92 Å². The molecular formula is C22H44N2O9. The lowest BCUT2D eigenvalue weighted by Crippen LogP contribution is -2.28. The first-order valence-electron chi connectivity index (χ1n) is 11.6. The van der Waals surface area contributed by atoms with Crippen LogP contribution in [0.2, 0.25) is 0 Å². The van der Waals surface area contributed by atoms with E-state index in [9.17, 15) is 9.59 Å². The molecular weight excluding hydrogens is 436 g/mol. The fourth-order valence-electron chi connectivity index (χ4n) is 2.32. The highest BCUT2D eigenvalue weighted by molar-refractivity contribution is 5.75. The van der Waals surface area contributed by atoms with Crippen molar-refractivity contribution in [3.63, 3.8) is 0 Å². The quantitative estimate of drug-likeness (QED) is 0.124. The minimum absolute atomic E-state index is 0.0591. The summed E-state index contributed by atoms with van der Waals surface area (Å²) in [5.41, 5.74) is 0. The predicted octanol–water partition coefficient (Wildman–Crippen LogP) is 0.0109.